The number of amides is 2. The number of imidazole rings is 2. The van der Waals surface area contributed by atoms with Crippen LogP contribution in [0.5, 0.6) is 0 Å². The molecule has 14 nitrogen and oxygen atoms in total. The summed E-state index contributed by atoms with van der Waals surface area (Å²) in [5.41, 5.74) is 2.76. The first kappa shape index (κ1) is 26.9. The van der Waals surface area contributed by atoms with Crippen molar-refractivity contribution in [3.05, 3.63) is 30.1 Å². The maximum Gasteiger partial charge on any atom is 0.290 e. The molecule has 0 aliphatic carbocycles. The molecule has 0 unspecified atom stereocenters. The number of morpholine rings is 1. The molecule has 2 saturated heterocycles. The summed E-state index contributed by atoms with van der Waals surface area (Å²) in [6.07, 6.45) is -1.07. The number of aryl methyl sites for hydroxylation is 1. The molecule has 6 rings (SSSR count). The van der Waals surface area contributed by atoms with E-state index in [1.54, 1.807) is 21.4 Å². The Morgan fingerprint density at radius 1 is 0.951 bits per heavy atom. The summed E-state index contributed by atoms with van der Waals surface area (Å²) in [6, 6.07) is 7.84. The number of piperazine rings is 1. The lowest BCUT2D eigenvalue weighted by atomic mass is 10.2. The Labute approximate surface area is 236 Å². The lowest BCUT2D eigenvalue weighted by molar-refractivity contribution is -0.140. The molecule has 1 aromatic carbocycles. The van der Waals surface area contributed by atoms with Crippen LogP contribution in [0.1, 0.15) is 17.5 Å². The quantitative estimate of drug-likeness (QED) is 0.361. The van der Waals surface area contributed by atoms with Gasteiger partial charge in [0.1, 0.15) is 6.10 Å². The summed E-state index contributed by atoms with van der Waals surface area (Å²) in [6.45, 7) is 5.24. The predicted octanol–water partition coefficient (Wildman–Crippen LogP) is 0.270. The standard InChI is InChI=1S/C27H34N10O4/c1-17(38)24(39)35-9-11-36(12-10-35)25(40)23-29-20-21(33(23)4)30-26(31-22(20)34-13-15-41-16-14-34)37-19-8-6-5-7-18(19)28-27(37)32(2)3/h5-8,17,38H,9-16H2,1-4H3/t17-/m1/s1. The molecule has 0 bridgehead atoms. The molecule has 2 aliphatic rings. The van der Waals surface area contributed by atoms with Crippen LogP contribution < -0.4 is 9.80 Å². The van der Waals surface area contributed by atoms with Gasteiger partial charge in [-0.3, -0.25) is 9.59 Å². The predicted molar refractivity (Wildman–Crippen MR) is 152 cm³/mol. The smallest absolute Gasteiger partial charge is 0.290 e. The number of nitrogens with zero attached hydrogens (tertiary/aromatic N) is 10. The summed E-state index contributed by atoms with van der Waals surface area (Å²) >= 11 is 0. The van der Waals surface area contributed by atoms with E-state index < -0.39 is 6.10 Å². The van der Waals surface area contributed by atoms with Gasteiger partial charge < -0.3 is 34.0 Å². The second-order valence-corrected chi connectivity index (χ2v) is 10.5. The van der Waals surface area contributed by atoms with Gasteiger partial charge in [0.15, 0.2) is 17.0 Å². The van der Waals surface area contributed by atoms with Gasteiger partial charge in [0.05, 0.1) is 24.2 Å². The number of fused-ring (bicyclic) bond motifs is 2. The monoisotopic (exact) mass is 562 g/mol. The number of hydrogen-bond acceptors (Lipinski definition) is 10. The van der Waals surface area contributed by atoms with Crippen molar-refractivity contribution in [2.75, 3.05) is 76.4 Å². The number of hydrogen-bond donors (Lipinski definition) is 1. The minimum absolute atomic E-state index is 0.244. The molecule has 2 fully saturated rings. The first-order valence-electron chi connectivity index (χ1n) is 13.7. The summed E-state index contributed by atoms with van der Waals surface area (Å²) in [5, 5.41) is 9.66. The fourth-order valence-corrected chi connectivity index (χ4v) is 5.37. The van der Waals surface area contributed by atoms with Crippen molar-refractivity contribution in [3.63, 3.8) is 0 Å². The van der Waals surface area contributed by atoms with Gasteiger partial charge in [-0.2, -0.15) is 9.97 Å². The average molecular weight is 563 g/mol. The minimum atomic E-state index is -1.07. The highest BCUT2D eigenvalue weighted by Gasteiger charge is 2.31. The minimum Gasteiger partial charge on any atom is -0.384 e. The Bertz CT molecular complexity index is 1610. The lowest BCUT2D eigenvalue weighted by Gasteiger charge is -2.35. The molecule has 4 aromatic rings. The molecule has 2 aliphatic heterocycles. The third-order valence-corrected chi connectivity index (χ3v) is 7.57. The lowest BCUT2D eigenvalue weighted by Crippen LogP contribution is -2.52. The van der Waals surface area contributed by atoms with Crippen LogP contribution in [0.15, 0.2) is 24.3 Å². The highest BCUT2D eigenvalue weighted by atomic mass is 16.5. The van der Waals surface area contributed by atoms with Crippen LogP contribution in [-0.2, 0) is 16.6 Å². The van der Waals surface area contributed by atoms with Gasteiger partial charge in [0, 0.05) is 60.4 Å². The molecule has 0 spiro atoms. The Morgan fingerprint density at radius 3 is 2.32 bits per heavy atom. The number of rotatable bonds is 5. The van der Waals surface area contributed by atoms with Crippen LogP contribution in [0.25, 0.3) is 28.1 Å². The van der Waals surface area contributed by atoms with Crippen molar-refractivity contribution in [2.24, 2.45) is 7.05 Å². The van der Waals surface area contributed by atoms with Crippen molar-refractivity contribution in [1.82, 2.24) is 38.9 Å². The summed E-state index contributed by atoms with van der Waals surface area (Å²) in [7, 11) is 5.64. The number of benzene rings is 1. The maximum atomic E-state index is 13.7. The highest BCUT2D eigenvalue weighted by Crippen LogP contribution is 2.30. The van der Waals surface area contributed by atoms with Crippen LogP contribution >= 0.6 is 0 Å². The number of aromatic nitrogens is 6. The molecule has 2 amide bonds. The van der Waals surface area contributed by atoms with Crippen molar-refractivity contribution >= 4 is 45.8 Å². The van der Waals surface area contributed by atoms with Gasteiger partial charge in [-0.15, -0.1) is 0 Å². The summed E-state index contributed by atoms with van der Waals surface area (Å²) in [4.78, 5) is 52.8. The average Bonchev–Trinajstić information content (AvgIpc) is 3.55. The van der Waals surface area contributed by atoms with Gasteiger partial charge >= 0.3 is 0 Å². The van der Waals surface area contributed by atoms with E-state index in [1.165, 1.54) is 6.92 Å². The largest absolute Gasteiger partial charge is 0.384 e. The SMILES string of the molecule is C[C@@H](O)C(=O)N1CCN(C(=O)c2nc3c(N4CCOCC4)nc(-n4c(N(C)C)nc5ccccc54)nc3n2C)CC1. The zero-order valence-corrected chi connectivity index (χ0v) is 23.7. The first-order valence-corrected chi connectivity index (χ1v) is 13.7. The Balaban J connectivity index is 1.44. The van der Waals surface area contributed by atoms with Gasteiger partial charge in [-0.1, -0.05) is 12.1 Å². The fraction of sp³-hybridized carbons (Fsp3) is 0.481. The number of aliphatic hydroxyl groups is 1. The van der Waals surface area contributed by atoms with Crippen molar-refractivity contribution in [2.45, 2.75) is 13.0 Å². The second-order valence-electron chi connectivity index (χ2n) is 10.5. The molecular formula is C27H34N10O4. The van der Waals surface area contributed by atoms with E-state index in [9.17, 15) is 14.7 Å². The van der Waals surface area contributed by atoms with E-state index in [4.69, 9.17) is 24.7 Å². The van der Waals surface area contributed by atoms with E-state index in [1.807, 2.05) is 47.8 Å². The molecule has 0 saturated carbocycles. The van der Waals surface area contributed by atoms with Crippen LogP contribution in [0.2, 0.25) is 0 Å². The molecule has 41 heavy (non-hydrogen) atoms. The molecule has 1 N–H and O–H groups in total. The topological polar surface area (TPSA) is 138 Å². The Kier molecular flexibility index (Phi) is 6.95. The van der Waals surface area contributed by atoms with E-state index in [-0.39, 0.29) is 17.6 Å². The van der Waals surface area contributed by atoms with E-state index >= 15 is 0 Å². The summed E-state index contributed by atoms with van der Waals surface area (Å²) < 4.78 is 9.23. The zero-order valence-electron chi connectivity index (χ0n) is 23.7. The third kappa shape index (κ3) is 4.72. The number of para-hydroxylation sites is 2. The number of anilines is 2. The Morgan fingerprint density at radius 2 is 1.63 bits per heavy atom. The third-order valence-electron chi connectivity index (χ3n) is 7.57. The van der Waals surface area contributed by atoms with Crippen LogP contribution in [0, 0.1) is 0 Å². The molecular weight excluding hydrogens is 528 g/mol. The maximum absolute atomic E-state index is 13.7. The van der Waals surface area contributed by atoms with E-state index in [0.29, 0.717) is 81.4 Å². The summed E-state index contributed by atoms with van der Waals surface area (Å²) in [5.74, 6) is 1.43. The second kappa shape index (κ2) is 10.6. The fourth-order valence-electron chi connectivity index (χ4n) is 5.37. The van der Waals surface area contributed by atoms with Crippen molar-refractivity contribution in [1.29, 1.82) is 0 Å². The first-order chi connectivity index (χ1) is 19.7. The van der Waals surface area contributed by atoms with Gasteiger partial charge in [0.2, 0.25) is 17.7 Å². The molecule has 14 heteroatoms. The van der Waals surface area contributed by atoms with E-state index in [2.05, 4.69) is 4.90 Å². The van der Waals surface area contributed by atoms with Crippen molar-refractivity contribution in [3.8, 4) is 5.95 Å². The van der Waals surface area contributed by atoms with Crippen molar-refractivity contribution < 1.29 is 19.4 Å². The van der Waals surface area contributed by atoms with Crippen LogP contribution in [0.4, 0.5) is 11.8 Å². The molecule has 216 valence electrons. The van der Waals surface area contributed by atoms with Gasteiger partial charge in [-0.25, -0.2) is 14.5 Å². The number of carbonyl (C=O) groups excluding carboxylic acids is 2. The highest BCUT2D eigenvalue weighted by molar-refractivity contribution is 5.97. The molecule has 1 atom stereocenters. The van der Waals surface area contributed by atoms with Crippen LogP contribution in [0.3, 0.4) is 0 Å². The number of carbonyl (C=O) groups is 2. The normalized spacial score (nSPS) is 17.0. The van der Waals surface area contributed by atoms with Gasteiger partial charge in [0.25, 0.3) is 11.8 Å². The van der Waals surface area contributed by atoms with E-state index in [0.717, 1.165) is 11.0 Å². The zero-order chi connectivity index (χ0) is 28.8. The number of ether oxygens (including phenoxy) is 1. The molecule has 0 radical (unpaired) electrons. The molecule has 3 aromatic heterocycles. The van der Waals surface area contributed by atoms with Crippen LogP contribution in [-0.4, -0.2) is 128 Å². The number of aliphatic hydroxyl groups excluding tert-OH is 1. The Hall–Kier alpha value is -4.30. The van der Waals surface area contributed by atoms with Gasteiger partial charge in [-0.05, 0) is 19.1 Å². The molecule has 5 heterocycles.